The van der Waals surface area contributed by atoms with Crippen LogP contribution < -0.4 is 15.8 Å². The van der Waals surface area contributed by atoms with Gasteiger partial charge in [0.15, 0.2) is 5.69 Å². The number of rotatable bonds is 8. The van der Waals surface area contributed by atoms with Crippen LogP contribution in [0.25, 0.3) is 10.8 Å². The Morgan fingerprint density at radius 2 is 1.73 bits per heavy atom. The first-order valence-corrected chi connectivity index (χ1v) is 11.7. The third-order valence-electron chi connectivity index (χ3n) is 4.48. The zero-order chi connectivity index (χ0) is 21.7. The standard InChI is InChI=1S/C20H21BrN4O4S/c1-2-3-8-13-25-20(27)15-10-5-4-9-14(15)18(23-25)19(26)22-24-30(28,29)17-12-7-6-11-16(17)21/h4-7,9-12,24H,2-3,8,13H2,1H3,(H,22,26). The number of carbonyl (C=O) groups excluding carboxylic acids is 1. The highest BCUT2D eigenvalue weighted by Crippen LogP contribution is 2.20. The van der Waals surface area contributed by atoms with Crippen LogP contribution in [0.15, 0.2) is 62.7 Å². The Labute approximate surface area is 182 Å². The maximum Gasteiger partial charge on any atom is 0.287 e. The molecule has 1 aromatic heterocycles. The second kappa shape index (κ2) is 9.50. The molecule has 3 rings (SSSR count). The van der Waals surface area contributed by atoms with Gasteiger partial charge in [0.2, 0.25) is 0 Å². The average Bonchev–Trinajstić information content (AvgIpc) is 2.74. The summed E-state index contributed by atoms with van der Waals surface area (Å²) in [5.74, 6) is -0.758. The Morgan fingerprint density at radius 1 is 1.07 bits per heavy atom. The lowest BCUT2D eigenvalue weighted by atomic mass is 10.1. The van der Waals surface area contributed by atoms with Gasteiger partial charge in [-0.25, -0.2) is 13.1 Å². The van der Waals surface area contributed by atoms with E-state index in [1.165, 1.54) is 10.7 Å². The number of unbranched alkanes of at least 4 members (excludes halogenated alkanes) is 2. The van der Waals surface area contributed by atoms with Gasteiger partial charge in [0, 0.05) is 16.4 Å². The number of hydrazine groups is 1. The molecule has 2 aromatic carbocycles. The molecule has 0 aliphatic carbocycles. The molecule has 0 radical (unpaired) electrons. The van der Waals surface area contributed by atoms with E-state index in [9.17, 15) is 18.0 Å². The van der Waals surface area contributed by atoms with Crippen LogP contribution in [0.2, 0.25) is 0 Å². The van der Waals surface area contributed by atoms with Gasteiger partial charge in [0.05, 0.1) is 10.3 Å². The van der Waals surface area contributed by atoms with Crippen molar-refractivity contribution in [1.82, 2.24) is 20.0 Å². The summed E-state index contributed by atoms with van der Waals surface area (Å²) in [4.78, 5) is 27.5. The van der Waals surface area contributed by atoms with Gasteiger partial charge in [-0.2, -0.15) is 5.10 Å². The number of nitrogens with zero attached hydrogens (tertiary/aromatic N) is 2. The van der Waals surface area contributed by atoms with Crippen LogP contribution in [0, 0.1) is 0 Å². The van der Waals surface area contributed by atoms with E-state index in [0.717, 1.165) is 19.3 Å². The van der Waals surface area contributed by atoms with E-state index in [1.54, 1.807) is 42.5 Å². The minimum atomic E-state index is -4.01. The number of aryl methyl sites for hydroxylation is 1. The number of carbonyl (C=O) groups is 1. The molecule has 1 heterocycles. The zero-order valence-electron chi connectivity index (χ0n) is 16.3. The number of sulfonamides is 1. The third kappa shape index (κ3) is 4.77. The summed E-state index contributed by atoms with van der Waals surface area (Å²) in [6.45, 7) is 2.42. The van der Waals surface area contributed by atoms with E-state index in [4.69, 9.17) is 0 Å². The van der Waals surface area contributed by atoms with E-state index in [0.29, 0.717) is 21.8 Å². The van der Waals surface area contributed by atoms with Crippen LogP contribution in [-0.4, -0.2) is 24.1 Å². The molecule has 0 atom stereocenters. The van der Waals surface area contributed by atoms with Gasteiger partial charge in [-0.1, -0.05) is 50.1 Å². The lowest BCUT2D eigenvalue weighted by molar-refractivity contribution is 0.0939. The summed E-state index contributed by atoms with van der Waals surface area (Å²) >= 11 is 3.18. The van der Waals surface area contributed by atoms with E-state index >= 15 is 0 Å². The SMILES string of the molecule is CCCCCn1nc(C(=O)NNS(=O)(=O)c2ccccc2Br)c2ccccc2c1=O. The molecule has 158 valence electrons. The lowest BCUT2D eigenvalue weighted by Crippen LogP contribution is -2.42. The number of amides is 1. The first kappa shape index (κ1) is 22.1. The molecule has 2 N–H and O–H groups in total. The Hall–Kier alpha value is -2.56. The summed E-state index contributed by atoms with van der Waals surface area (Å²) in [7, 11) is -4.01. The number of benzene rings is 2. The maximum absolute atomic E-state index is 12.8. The van der Waals surface area contributed by atoms with Crippen molar-refractivity contribution in [3.8, 4) is 0 Å². The fourth-order valence-electron chi connectivity index (χ4n) is 2.96. The van der Waals surface area contributed by atoms with Crippen molar-refractivity contribution in [1.29, 1.82) is 0 Å². The predicted octanol–water partition coefficient (Wildman–Crippen LogP) is 2.97. The first-order valence-electron chi connectivity index (χ1n) is 9.41. The van der Waals surface area contributed by atoms with Crippen molar-refractivity contribution in [2.75, 3.05) is 0 Å². The second-order valence-corrected chi connectivity index (χ2v) is 9.12. The smallest absolute Gasteiger partial charge is 0.272 e. The monoisotopic (exact) mass is 492 g/mol. The Bertz CT molecular complexity index is 1240. The van der Waals surface area contributed by atoms with Gasteiger partial charge in [-0.05, 0) is 40.5 Å². The fraction of sp³-hybridized carbons (Fsp3) is 0.250. The maximum atomic E-state index is 12.8. The summed E-state index contributed by atoms with van der Waals surface area (Å²) in [5.41, 5.74) is 1.88. The summed E-state index contributed by atoms with van der Waals surface area (Å²) < 4.78 is 26.7. The number of aromatic nitrogens is 2. The number of hydrogen-bond donors (Lipinski definition) is 2. The largest absolute Gasteiger partial charge is 0.287 e. The highest BCUT2D eigenvalue weighted by Gasteiger charge is 2.21. The van der Waals surface area contributed by atoms with E-state index in [2.05, 4.69) is 31.3 Å². The van der Waals surface area contributed by atoms with Crippen molar-refractivity contribution in [2.24, 2.45) is 0 Å². The molecular weight excluding hydrogens is 472 g/mol. The van der Waals surface area contributed by atoms with Crippen molar-refractivity contribution >= 4 is 42.6 Å². The van der Waals surface area contributed by atoms with Crippen LogP contribution >= 0.6 is 15.9 Å². The van der Waals surface area contributed by atoms with Crippen LogP contribution in [0.5, 0.6) is 0 Å². The van der Waals surface area contributed by atoms with Crippen LogP contribution in [0.4, 0.5) is 0 Å². The Balaban J connectivity index is 1.91. The lowest BCUT2D eigenvalue weighted by Gasteiger charge is -2.12. The van der Waals surface area contributed by atoms with Gasteiger partial charge in [0.25, 0.3) is 21.5 Å². The summed E-state index contributed by atoms with van der Waals surface area (Å²) in [6.07, 6.45) is 2.65. The molecule has 3 aromatic rings. The van der Waals surface area contributed by atoms with Gasteiger partial charge in [0.1, 0.15) is 0 Å². The molecule has 0 aliphatic rings. The normalized spacial score (nSPS) is 11.5. The molecule has 1 amide bonds. The molecule has 8 nitrogen and oxygen atoms in total. The minimum absolute atomic E-state index is 0.0207. The topological polar surface area (TPSA) is 110 Å². The molecule has 0 bridgehead atoms. The van der Waals surface area contributed by atoms with E-state index in [1.807, 2.05) is 6.92 Å². The van der Waals surface area contributed by atoms with E-state index < -0.39 is 15.9 Å². The van der Waals surface area contributed by atoms with Crippen molar-refractivity contribution in [3.63, 3.8) is 0 Å². The molecular formula is C20H21BrN4O4S. The molecule has 0 spiro atoms. The molecule has 10 heteroatoms. The highest BCUT2D eigenvalue weighted by atomic mass is 79.9. The quantitative estimate of drug-likeness (QED) is 0.371. The van der Waals surface area contributed by atoms with Crippen LogP contribution in [-0.2, 0) is 16.6 Å². The van der Waals surface area contributed by atoms with Crippen molar-refractivity contribution in [2.45, 2.75) is 37.6 Å². The number of nitrogens with one attached hydrogen (secondary N) is 2. The zero-order valence-corrected chi connectivity index (χ0v) is 18.7. The highest BCUT2D eigenvalue weighted by molar-refractivity contribution is 9.10. The molecule has 0 unspecified atom stereocenters. The van der Waals surface area contributed by atoms with Gasteiger partial charge < -0.3 is 0 Å². The molecule has 0 saturated carbocycles. The molecule has 30 heavy (non-hydrogen) atoms. The number of hydrogen-bond acceptors (Lipinski definition) is 5. The molecule has 0 saturated heterocycles. The third-order valence-corrected chi connectivity index (χ3v) is 6.74. The summed E-state index contributed by atoms with van der Waals surface area (Å²) in [5, 5.41) is 4.91. The molecule has 0 fully saturated rings. The van der Waals surface area contributed by atoms with E-state index in [-0.39, 0.29) is 16.1 Å². The van der Waals surface area contributed by atoms with Crippen molar-refractivity contribution in [3.05, 3.63) is 69.1 Å². The van der Waals surface area contributed by atoms with Crippen LogP contribution in [0.3, 0.4) is 0 Å². The van der Waals surface area contributed by atoms with Crippen LogP contribution in [0.1, 0.15) is 36.7 Å². The predicted molar refractivity (Wildman–Crippen MR) is 117 cm³/mol. The van der Waals surface area contributed by atoms with Crippen molar-refractivity contribution < 1.29 is 13.2 Å². The number of halogens is 1. The second-order valence-electron chi connectivity index (χ2n) is 6.62. The number of fused-ring (bicyclic) bond motifs is 1. The molecule has 0 aliphatic heterocycles. The van der Waals surface area contributed by atoms with Gasteiger partial charge in [-0.15, -0.1) is 4.83 Å². The van der Waals surface area contributed by atoms with Gasteiger partial charge in [-0.3, -0.25) is 15.0 Å². The fourth-order valence-corrected chi connectivity index (χ4v) is 4.80. The Morgan fingerprint density at radius 3 is 2.43 bits per heavy atom. The minimum Gasteiger partial charge on any atom is -0.272 e. The summed E-state index contributed by atoms with van der Waals surface area (Å²) in [6, 6.07) is 12.9. The average molecular weight is 493 g/mol. The Kier molecular flexibility index (Phi) is 7.01. The van der Waals surface area contributed by atoms with Gasteiger partial charge >= 0.3 is 0 Å². The first-order chi connectivity index (χ1) is 14.3.